The first-order valence-corrected chi connectivity index (χ1v) is 7.00. The SMILES string of the molecule is OCc1cc(CS)cc2cc(CS)cc(CO)c12. The molecule has 0 unspecified atom stereocenters. The molecule has 96 valence electrons. The first kappa shape index (κ1) is 13.7. The van der Waals surface area contributed by atoms with Gasteiger partial charge in [-0.2, -0.15) is 25.3 Å². The van der Waals surface area contributed by atoms with Gasteiger partial charge in [0, 0.05) is 11.5 Å². The Morgan fingerprint density at radius 3 is 1.56 bits per heavy atom. The number of fused-ring (bicyclic) bond motifs is 1. The Hall–Kier alpha value is -0.680. The van der Waals surface area contributed by atoms with E-state index in [-0.39, 0.29) is 13.2 Å². The van der Waals surface area contributed by atoms with E-state index in [1.54, 1.807) is 0 Å². The summed E-state index contributed by atoms with van der Waals surface area (Å²) in [6.07, 6.45) is 0. The van der Waals surface area contributed by atoms with Gasteiger partial charge in [-0.3, -0.25) is 0 Å². The zero-order valence-corrected chi connectivity index (χ0v) is 11.7. The summed E-state index contributed by atoms with van der Waals surface area (Å²) in [5, 5.41) is 20.9. The average molecular weight is 280 g/mol. The molecule has 18 heavy (non-hydrogen) atoms. The van der Waals surface area contributed by atoms with E-state index in [0.29, 0.717) is 11.5 Å². The number of rotatable bonds is 4. The number of thiol groups is 2. The minimum absolute atomic E-state index is 0.0364. The maximum absolute atomic E-state index is 9.48. The predicted octanol–water partition coefficient (Wildman–Crippen LogP) is 2.68. The summed E-state index contributed by atoms with van der Waals surface area (Å²) < 4.78 is 0. The van der Waals surface area contributed by atoms with Gasteiger partial charge >= 0.3 is 0 Å². The minimum Gasteiger partial charge on any atom is -0.392 e. The van der Waals surface area contributed by atoms with E-state index in [4.69, 9.17) is 0 Å². The number of benzene rings is 2. The summed E-state index contributed by atoms with van der Waals surface area (Å²) in [6.45, 7) is -0.0727. The van der Waals surface area contributed by atoms with Crippen molar-refractivity contribution in [1.82, 2.24) is 0 Å². The molecule has 0 bridgehead atoms. The quantitative estimate of drug-likeness (QED) is 0.650. The molecule has 0 atom stereocenters. The van der Waals surface area contributed by atoms with Gasteiger partial charge in [0.1, 0.15) is 0 Å². The van der Waals surface area contributed by atoms with E-state index in [0.717, 1.165) is 33.0 Å². The van der Waals surface area contributed by atoms with E-state index >= 15 is 0 Å². The summed E-state index contributed by atoms with van der Waals surface area (Å²) >= 11 is 8.55. The van der Waals surface area contributed by atoms with E-state index in [2.05, 4.69) is 25.3 Å². The molecule has 0 aliphatic rings. The van der Waals surface area contributed by atoms with Crippen molar-refractivity contribution in [3.8, 4) is 0 Å². The van der Waals surface area contributed by atoms with E-state index in [1.807, 2.05) is 24.3 Å². The highest BCUT2D eigenvalue weighted by Gasteiger charge is 2.09. The van der Waals surface area contributed by atoms with Gasteiger partial charge in [-0.05, 0) is 33.0 Å². The van der Waals surface area contributed by atoms with Crippen molar-refractivity contribution in [2.24, 2.45) is 0 Å². The van der Waals surface area contributed by atoms with Crippen molar-refractivity contribution in [3.05, 3.63) is 46.5 Å². The molecule has 0 saturated carbocycles. The Morgan fingerprint density at radius 1 is 0.778 bits per heavy atom. The molecule has 0 radical (unpaired) electrons. The third-order valence-corrected chi connectivity index (χ3v) is 3.77. The van der Waals surface area contributed by atoms with Crippen molar-refractivity contribution in [1.29, 1.82) is 0 Å². The van der Waals surface area contributed by atoms with Crippen molar-refractivity contribution in [2.75, 3.05) is 0 Å². The van der Waals surface area contributed by atoms with Gasteiger partial charge in [0.2, 0.25) is 0 Å². The summed E-state index contributed by atoms with van der Waals surface area (Å²) in [7, 11) is 0. The minimum atomic E-state index is -0.0364. The van der Waals surface area contributed by atoms with Crippen molar-refractivity contribution in [2.45, 2.75) is 24.7 Å². The highest BCUT2D eigenvalue weighted by Crippen LogP contribution is 2.28. The van der Waals surface area contributed by atoms with Gasteiger partial charge in [0.15, 0.2) is 0 Å². The molecule has 0 aromatic heterocycles. The smallest absolute Gasteiger partial charge is 0.0688 e. The normalized spacial score (nSPS) is 11.1. The van der Waals surface area contributed by atoms with Crippen LogP contribution in [0.3, 0.4) is 0 Å². The lowest BCUT2D eigenvalue weighted by molar-refractivity contribution is 0.278. The van der Waals surface area contributed by atoms with Gasteiger partial charge in [-0.25, -0.2) is 0 Å². The maximum Gasteiger partial charge on any atom is 0.0688 e. The topological polar surface area (TPSA) is 40.5 Å². The number of hydrogen-bond donors (Lipinski definition) is 4. The second kappa shape index (κ2) is 5.97. The monoisotopic (exact) mass is 280 g/mol. The molecule has 2 N–H and O–H groups in total. The van der Waals surface area contributed by atoms with Gasteiger partial charge in [0.25, 0.3) is 0 Å². The van der Waals surface area contributed by atoms with Crippen LogP contribution in [0.15, 0.2) is 24.3 Å². The van der Waals surface area contributed by atoms with Crippen molar-refractivity contribution < 1.29 is 10.2 Å². The maximum atomic E-state index is 9.48. The van der Waals surface area contributed by atoms with E-state index in [9.17, 15) is 10.2 Å². The highest BCUT2D eigenvalue weighted by atomic mass is 32.1. The summed E-state index contributed by atoms with van der Waals surface area (Å²) in [6, 6.07) is 7.98. The van der Waals surface area contributed by atoms with Crippen LogP contribution in [-0.2, 0) is 24.7 Å². The van der Waals surface area contributed by atoms with Gasteiger partial charge in [-0.1, -0.05) is 24.3 Å². The first-order chi connectivity index (χ1) is 8.73. The lowest BCUT2D eigenvalue weighted by Gasteiger charge is -2.13. The van der Waals surface area contributed by atoms with Gasteiger partial charge < -0.3 is 10.2 Å². The fourth-order valence-electron chi connectivity index (χ4n) is 2.27. The molecule has 0 fully saturated rings. The van der Waals surface area contributed by atoms with Crippen LogP contribution in [-0.4, -0.2) is 10.2 Å². The Balaban J connectivity index is 2.80. The van der Waals surface area contributed by atoms with Crippen LogP contribution in [0.5, 0.6) is 0 Å². The molecule has 2 rings (SSSR count). The number of aliphatic hydroxyl groups excluding tert-OH is 2. The molecular weight excluding hydrogens is 264 g/mol. The molecule has 0 aliphatic heterocycles. The molecule has 2 nitrogen and oxygen atoms in total. The lowest BCUT2D eigenvalue weighted by atomic mass is 9.95. The highest BCUT2D eigenvalue weighted by molar-refractivity contribution is 7.79. The van der Waals surface area contributed by atoms with Crippen molar-refractivity contribution >= 4 is 36.0 Å². The second-order valence-electron chi connectivity index (χ2n) is 4.24. The van der Waals surface area contributed by atoms with E-state index < -0.39 is 0 Å². The number of hydrogen-bond acceptors (Lipinski definition) is 4. The summed E-state index contributed by atoms with van der Waals surface area (Å²) in [4.78, 5) is 0. The number of aliphatic hydroxyl groups is 2. The van der Waals surface area contributed by atoms with Crippen LogP contribution >= 0.6 is 25.3 Å². The van der Waals surface area contributed by atoms with Crippen LogP contribution < -0.4 is 0 Å². The molecule has 0 heterocycles. The standard InChI is InChI=1S/C14H16O2S2/c15-5-12-3-9(7-17)1-11-2-10(8-18)4-13(6-16)14(11)12/h1-4,15-18H,5-8H2. The first-order valence-electron chi connectivity index (χ1n) is 5.74. The Kier molecular flexibility index (Phi) is 4.56. The molecule has 0 amide bonds. The Labute approximate surface area is 117 Å². The predicted molar refractivity (Wildman–Crippen MR) is 81.2 cm³/mol. The van der Waals surface area contributed by atoms with Crippen molar-refractivity contribution in [3.63, 3.8) is 0 Å². The van der Waals surface area contributed by atoms with Crippen LogP contribution in [0.4, 0.5) is 0 Å². The van der Waals surface area contributed by atoms with Gasteiger partial charge in [-0.15, -0.1) is 0 Å². The molecule has 0 aliphatic carbocycles. The lowest BCUT2D eigenvalue weighted by Crippen LogP contribution is -1.96. The average Bonchev–Trinajstić information content (AvgIpc) is 2.44. The second-order valence-corrected chi connectivity index (χ2v) is 4.87. The van der Waals surface area contributed by atoms with Crippen LogP contribution in [0.2, 0.25) is 0 Å². The largest absolute Gasteiger partial charge is 0.392 e. The summed E-state index contributed by atoms with van der Waals surface area (Å²) in [5.41, 5.74) is 3.81. The van der Waals surface area contributed by atoms with Gasteiger partial charge in [0.05, 0.1) is 13.2 Å². The summed E-state index contributed by atoms with van der Waals surface area (Å²) in [5.74, 6) is 1.25. The molecule has 0 saturated heterocycles. The van der Waals surface area contributed by atoms with Crippen LogP contribution in [0.1, 0.15) is 22.3 Å². The molecular formula is C14H16O2S2. The third kappa shape index (κ3) is 2.52. The van der Waals surface area contributed by atoms with E-state index in [1.165, 1.54) is 0 Å². The molecule has 2 aromatic rings. The van der Waals surface area contributed by atoms with Crippen LogP contribution in [0, 0.1) is 0 Å². The fourth-order valence-corrected chi connectivity index (χ4v) is 2.63. The molecule has 4 heteroatoms. The van der Waals surface area contributed by atoms with Crippen LogP contribution in [0.25, 0.3) is 10.8 Å². The zero-order chi connectivity index (χ0) is 13.1. The zero-order valence-electron chi connectivity index (χ0n) is 9.93. The third-order valence-electron chi connectivity index (χ3n) is 3.04. The molecule has 0 spiro atoms. The molecule has 2 aromatic carbocycles. The Morgan fingerprint density at radius 2 is 1.22 bits per heavy atom. The Bertz CT molecular complexity index is 520. The fraction of sp³-hybridized carbons (Fsp3) is 0.286.